The van der Waals surface area contributed by atoms with Gasteiger partial charge in [0.25, 0.3) is 0 Å². The normalized spacial score (nSPS) is 22.7. The molecule has 1 aliphatic carbocycles. The van der Waals surface area contributed by atoms with E-state index < -0.39 is 0 Å². The van der Waals surface area contributed by atoms with E-state index >= 15 is 0 Å². The SMILES string of the molecule is CC1CC(C2C=CC(c3cccc4c3oc3ccccc34)=CC2)=NC=N1. The smallest absolute Gasteiger partial charge is 0.143 e. The second kappa shape index (κ2) is 6.10. The molecule has 26 heavy (non-hydrogen) atoms. The molecular weight excluding hydrogens is 320 g/mol. The van der Waals surface area contributed by atoms with Crippen molar-refractivity contribution in [3.8, 4) is 0 Å². The van der Waals surface area contributed by atoms with Crippen molar-refractivity contribution >= 4 is 39.6 Å². The van der Waals surface area contributed by atoms with Gasteiger partial charge in [0.05, 0.1) is 6.04 Å². The Labute approximate surface area is 152 Å². The van der Waals surface area contributed by atoms with Gasteiger partial charge < -0.3 is 4.42 Å². The number of rotatable bonds is 2. The van der Waals surface area contributed by atoms with Crippen LogP contribution in [0.15, 0.2) is 75.1 Å². The predicted molar refractivity (Wildman–Crippen MR) is 109 cm³/mol. The summed E-state index contributed by atoms with van der Waals surface area (Å²) in [6.45, 7) is 2.14. The van der Waals surface area contributed by atoms with Crippen LogP contribution in [-0.4, -0.2) is 18.1 Å². The first kappa shape index (κ1) is 15.3. The van der Waals surface area contributed by atoms with Crippen molar-refractivity contribution in [2.45, 2.75) is 25.8 Å². The lowest BCUT2D eigenvalue weighted by Gasteiger charge is -2.21. The van der Waals surface area contributed by atoms with Gasteiger partial charge in [-0.3, -0.25) is 4.99 Å². The highest BCUT2D eigenvalue weighted by Crippen LogP contribution is 2.36. The number of aliphatic imine (C=N–C) groups is 2. The van der Waals surface area contributed by atoms with E-state index in [4.69, 9.17) is 4.42 Å². The second-order valence-electron chi connectivity index (χ2n) is 7.08. The minimum atomic E-state index is 0.338. The Balaban J connectivity index is 1.51. The molecule has 2 atom stereocenters. The van der Waals surface area contributed by atoms with E-state index in [1.807, 2.05) is 12.1 Å². The largest absolute Gasteiger partial charge is 0.455 e. The molecule has 2 aromatic carbocycles. The van der Waals surface area contributed by atoms with Crippen LogP contribution in [-0.2, 0) is 0 Å². The molecule has 3 heteroatoms. The molecule has 3 aromatic rings. The van der Waals surface area contributed by atoms with Crippen LogP contribution in [0.2, 0.25) is 0 Å². The average Bonchev–Trinajstić information content (AvgIpc) is 3.07. The zero-order valence-corrected chi connectivity index (χ0v) is 14.7. The van der Waals surface area contributed by atoms with Gasteiger partial charge in [-0.25, -0.2) is 4.99 Å². The Kier molecular flexibility index (Phi) is 3.59. The van der Waals surface area contributed by atoms with E-state index in [1.165, 1.54) is 22.1 Å². The highest BCUT2D eigenvalue weighted by atomic mass is 16.3. The minimum Gasteiger partial charge on any atom is -0.455 e. The fraction of sp³-hybridized carbons (Fsp3) is 0.217. The number of hydrogen-bond acceptors (Lipinski definition) is 3. The van der Waals surface area contributed by atoms with Gasteiger partial charge in [-0.1, -0.05) is 54.6 Å². The summed E-state index contributed by atoms with van der Waals surface area (Å²) < 4.78 is 6.18. The van der Waals surface area contributed by atoms with Crippen LogP contribution in [0.1, 0.15) is 25.3 Å². The summed E-state index contributed by atoms with van der Waals surface area (Å²) in [6.07, 6.45) is 10.4. The highest BCUT2D eigenvalue weighted by molar-refractivity contribution is 6.08. The molecule has 0 saturated carbocycles. The van der Waals surface area contributed by atoms with E-state index in [-0.39, 0.29) is 0 Å². The molecule has 0 saturated heterocycles. The molecule has 5 rings (SSSR count). The van der Waals surface area contributed by atoms with Crippen LogP contribution in [0.5, 0.6) is 0 Å². The maximum Gasteiger partial charge on any atom is 0.143 e. The lowest BCUT2D eigenvalue weighted by atomic mass is 9.87. The molecule has 1 aromatic heterocycles. The zero-order chi connectivity index (χ0) is 17.5. The zero-order valence-electron chi connectivity index (χ0n) is 14.7. The number of hydrogen-bond donors (Lipinski definition) is 0. The molecule has 0 N–H and O–H groups in total. The third kappa shape index (κ3) is 2.51. The van der Waals surface area contributed by atoms with Crippen molar-refractivity contribution in [2.24, 2.45) is 15.9 Å². The molecule has 2 heterocycles. The van der Waals surface area contributed by atoms with Crippen molar-refractivity contribution in [1.82, 2.24) is 0 Å². The molecule has 0 bridgehead atoms. The van der Waals surface area contributed by atoms with Gasteiger partial charge in [-0.2, -0.15) is 0 Å². The van der Waals surface area contributed by atoms with Gasteiger partial charge in [0.15, 0.2) is 0 Å². The molecule has 0 spiro atoms. The summed E-state index contributed by atoms with van der Waals surface area (Å²) in [7, 11) is 0. The number of fused-ring (bicyclic) bond motifs is 3. The lowest BCUT2D eigenvalue weighted by Crippen LogP contribution is -2.21. The van der Waals surface area contributed by atoms with E-state index in [1.54, 1.807) is 6.34 Å². The summed E-state index contributed by atoms with van der Waals surface area (Å²) in [5, 5.41) is 2.35. The van der Waals surface area contributed by atoms with Crippen molar-refractivity contribution in [3.63, 3.8) is 0 Å². The Morgan fingerprint density at radius 3 is 2.77 bits per heavy atom. The van der Waals surface area contributed by atoms with Gasteiger partial charge in [0.2, 0.25) is 0 Å². The van der Waals surface area contributed by atoms with E-state index in [0.29, 0.717) is 12.0 Å². The quantitative estimate of drug-likeness (QED) is 0.580. The summed E-state index contributed by atoms with van der Waals surface area (Å²) in [5.41, 5.74) is 5.54. The molecule has 0 amide bonds. The molecule has 0 radical (unpaired) electrons. The van der Waals surface area contributed by atoms with Gasteiger partial charge in [-0.15, -0.1) is 0 Å². The average molecular weight is 340 g/mol. The van der Waals surface area contributed by atoms with Crippen molar-refractivity contribution in [2.75, 3.05) is 0 Å². The van der Waals surface area contributed by atoms with Crippen LogP contribution in [0, 0.1) is 5.92 Å². The van der Waals surface area contributed by atoms with Gasteiger partial charge in [0, 0.05) is 34.4 Å². The van der Waals surface area contributed by atoms with Crippen LogP contribution in [0.4, 0.5) is 0 Å². The van der Waals surface area contributed by atoms with Gasteiger partial charge >= 0.3 is 0 Å². The first-order chi connectivity index (χ1) is 12.8. The van der Waals surface area contributed by atoms with E-state index in [2.05, 4.69) is 65.5 Å². The molecular formula is C23H20N2O. The summed E-state index contributed by atoms with van der Waals surface area (Å²) >= 11 is 0. The molecule has 2 unspecified atom stereocenters. The maximum atomic E-state index is 6.18. The van der Waals surface area contributed by atoms with Crippen molar-refractivity contribution < 1.29 is 4.42 Å². The molecule has 2 aliphatic rings. The van der Waals surface area contributed by atoms with Crippen LogP contribution >= 0.6 is 0 Å². The number of para-hydroxylation sites is 2. The van der Waals surface area contributed by atoms with Crippen LogP contribution in [0.25, 0.3) is 27.5 Å². The third-order valence-corrected chi connectivity index (χ3v) is 5.29. The number of benzene rings is 2. The topological polar surface area (TPSA) is 37.9 Å². The van der Waals surface area contributed by atoms with Crippen LogP contribution in [0.3, 0.4) is 0 Å². The Hall–Kier alpha value is -2.94. The fourth-order valence-corrected chi connectivity index (χ4v) is 3.92. The fourth-order valence-electron chi connectivity index (χ4n) is 3.92. The van der Waals surface area contributed by atoms with Gasteiger partial charge in [-0.05, 0) is 25.0 Å². The summed E-state index contributed by atoms with van der Waals surface area (Å²) in [4.78, 5) is 8.83. The summed E-state index contributed by atoms with van der Waals surface area (Å²) in [6, 6.07) is 15.0. The molecule has 3 nitrogen and oxygen atoms in total. The van der Waals surface area contributed by atoms with Crippen molar-refractivity contribution in [1.29, 1.82) is 0 Å². The minimum absolute atomic E-state index is 0.338. The van der Waals surface area contributed by atoms with Crippen LogP contribution < -0.4 is 0 Å². The molecule has 0 fully saturated rings. The monoisotopic (exact) mass is 340 g/mol. The Morgan fingerprint density at radius 1 is 1.04 bits per heavy atom. The second-order valence-corrected chi connectivity index (χ2v) is 7.08. The van der Waals surface area contributed by atoms with E-state index in [9.17, 15) is 0 Å². The third-order valence-electron chi connectivity index (χ3n) is 5.29. The number of nitrogens with zero attached hydrogens (tertiary/aromatic N) is 2. The number of allylic oxidation sites excluding steroid dienone is 4. The number of furan rings is 1. The first-order valence-corrected chi connectivity index (χ1v) is 9.17. The van der Waals surface area contributed by atoms with Crippen molar-refractivity contribution in [3.05, 3.63) is 66.3 Å². The Morgan fingerprint density at radius 2 is 1.92 bits per heavy atom. The standard InChI is InChI=1S/C23H20N2O/c1-15-13-21(25-14-24-15)17-11-9-16(10-12-17)18-6-4-7-20-19-5-2-3-8-22(19)26-23(18)20/h2-11,14-15,17H,12-13H2,1H3. The molecule has 1 aliphatic heterocycles. The molecule has 128 valence electrons. The predicted octanol–water partition coefficient (Wildman–Crippen LogP) is 5.81. The lowest BCUT2D eigenvalue weighted by molar-refractivity contribution is 0.667. The van der Waals surface area contributed by atoms with Gasteiger partial charge in [0.1, 0.15) is 17.5 Å². The first-order valence-electron chi connectivity index (χ1n) is 9.17. The van der Waals surface area contributed by atoms with E-state index in [0.717, 1.165) is 29.6 Å². The summed E-state index contributed by atoms with van der Waals surface area (Å²) in [5.74, 6) is 0.378. The Bertz CT molecular complexity index is 1110. The highest BCUT2D eigenvalue weighted by Gasteiger charge is 2.20. The maximum absolute atomic E-state index is 6.18.